The quantitative estimate of drug-likeness (QED) is 0.0168. The minimum Gasteiger partial charge on any atom is -0.356 e. The number of likely N-dealkylation sites (N-methyl/N-ethyl adjacent to an activating group) is 4. The molecule has 136 heavy (non-hydrogen) atoms. The predicted molar refractivity (Wildman–Crippen MR) is 557 cm³/mol. The number of nitrogens with one attached hydrogen (secondary N) is 8. The maximum Gasteiger partial charge on any atom is 0.220 e. The second kappa shape index (κ2) is 54.5. The predicted octanol–water partition coefficient (Wildman–Crippen LogP) is 19.9. The lowest BCUT2D eigenvalue weighted by Gasteiger charge is -2.45. The van der Waals surface area contributed by atoms with Crippen molar-refractivity contribution in [1.29, 1.82) is 0 Å². The molecule has 4 saturated carbocycles. The summed E-state index contributed by atoms with van der Waals surface area (Å²) >= 11 is 27.6. The number of fused-ring (bicyclic) bond motifs is 1. The SMILES string of the molecule is CN(C)C1(Cc2ccc(Cl)cc2)CCC(NC(=O)CCC(=O)NC2CCc3ccccc32)CC1.CN(C)C1(Cc2ccc(Cl)cc2)CCC(NC(=O)CCC(=O)NCc2cccc(Br)c2)CC1.CN(C)C1(Cc2cccc(Cl)c2)CCC(NC(=O)CCC(=O)NCCCc2ccccc2)CC1.Cc1cccc(CC2(N(C)C)CCC(NC(=O)CCC(=O)NCC(C)c3ccc(Cl)cc3)CC2)c1. The van der Waals surface area contributed by atoms with Gasteiger partial charge in [-0.15, -0.1) is 0 Å². The van der Waals surface area contributed by atoms with Crippen LogP contribution in [0.1, 0.15) is 241 Å². The van der Waals surface area contributed by atoms with Gasteiger partial charge in [0.1, 0.15) is 0 Å². The van der Waals surface area contributed by atoms with Crippen molar-refractivity contribution in [2.45, 2.75) is 284 Å². The Bertz CT molecular complexity index is 5110. The van der Waals surface area contributed by atoms with E-state index in [1.165, 1.54) is 44.5 Å². The van der Waals surface area contributed by atoms with Gasteiger partial charge in [-0.1, -0.05) is 214 Å². The van der Waals surface area contributed by atoms with E-state index >= 15 is 0 Å². The van der Waals surface area contributed by atoms with Crippen molar-refractivity contribution in [2.75, 3.05) is 69.5 Å². The molecule has 8 N–H and O–H groups in total. The zero-order valence-electron chi connectivity index (χ0n) is 81.7. The smallest absolute Gasteiger partial charge is 0.220 e. The number of nitrogens with zero attached hydrogens (tertiary/aromatic N) is 4. The highest BCUT2D eigenvalue weighted by Gasteiger charge is 2.42. The Morgan fingerprint density at radius 1 is 0.353 bits per heavy atom. The molecule has 0 aliphatic heterocycles. The second-order valence-corrected chi connectivity index (χ2v) is 42.0. The van der Waals surface area contributed by atoms with E-state index in [0.717, 1.165) is 185 Å². The lowest BCUT2D eigenvalue weighted by atomic mass is 9.74. The molecule has 5 aliphatic carbocycles. The lowest BCUT2D eigenvalue weighted by molar-refractivity contribution is -0.127. The van der Waals surface area contributed by atoms with Gasteiger partial charge in [0.2, 0.25) is 47.3 Å². The third-order valence-electron chi connectivity index (χ3n) is 28.9. The van der Waals surface area contributed by atoms with Gasteiger partial charge in [0.05, 0.1) is 6.04 Å². The Kier molecular flexibility index (Phi) is 43.7. The molecule has 20 nitrogen and oxygen atoms in total. The molecule has 2 unspecified atom stereocenters. The molecule has 0 aromatic heterocycles. The number of hydrogen-bond acceptors (Lipinski definition) is 12. The van der Waals surface area contributed by atoms with Crippen molar-refractivity contribution in [2.24, 2.45) is 0 Å². The molecule has 5 aliphatic rings. The van der Waals surface area contributed by atoms with E-state index in [-0.39, 0.29) is 157 Å². The summed E-state index contributed by atoms with van der Waals surface area (Å²) in [7, 11) is 17.2. The van der Waals surface area contributed by atoms with Crippen LogP contribution < -0.4 is 42.5 Å². The first-order valence-corrected chi connectivity index (χ1v) is 51.3. The molecule has 4 fully saturated rings. The first kappa shape index (κ1) is 109. The standard InChI is InChI=1S/C29H40ClN3O2.C28H36ClN3O2.C28H38ClN3O2.C26H33BrClN3O2/c1-21-6-5-7-23(18-21)19-29(33(3)4)16-14-26(15-17-29)32-28(35)13-12-27(34)31-20-22(2)24-8-10-25(30)11-9-24;1-32(2)28(19-20-7-10-22(29)11-8-20)17-15-23(16-18-28)30-26(33)13-14-27(34)31-25-12-9-21-5-3-4-6-24(21)25;1-32(2)28(21-23-10-6-12-24(29)20-23)17-15-25(16-18-28)31-27(34)14-13-26(33)30-19-7-11-22-8-4-3-5-9-22;1-31(2)26(17-19-6-8-22(28)9-7-19)14-12-23(13-15-26)30-25(33)11-10-24(32)29-18-20-4-3-5-21(27)16-20/h5-11,18,22,26H,12-17,19-20H2,1-4H3,(H,31,34)(H,32,35);3-8,10-11,23,25H,9,12-19H2,1-2H3,(H,30,33)(H,31,34);3-6,8-10,12,20,25H,7,11,13-19,21H2,1-2H3,(H,30,33)(H,31,34);3-9,16,23H,10-15,17-18H2,1-2H3,(H,29,32)(H,30,33). The Morgan fingerprint density at radius 2 is 0.713 bits per heavy atom. The molecule has 734 valence electrons. The third kappa shape index (κ3) is 35.7. The van der Waals surface area contributed by atoms with Crippen molar-refractivity contribution in [1.82, 2.24) is 62.1 Å². The Hall–Kier alpha value is -9.00. The van der Waals surface area contributed by atoms with Gasteiger partial charge in [0, 0.05) is 142 Å². The fraction of sp³-hybridized carbons (Fsp3) is 0.495. The minimum atomic E-state index is -0.108. The second-order valence-electron chi connectivity index (χ2n) is 39.4. The van der Waals surface area contributed by atoms with Crippen LogP contribution in [-0.2, 0) is 83.4 Å². The first-order chi connectivity index (χ1) is 65.1. The van der Waals surface area contributed by atoms with Crippen LogP contribution in [0, 0.1) is 6.92 Å². The van der Waals surface area contributed by atoms with Gasteiger partial charge in [-0.25, -0.2) is 0 Å². The molecular weight excluding hydrogens is 1850 g/mol. The van der Waals surface area contributed by atoms with Crippen molar-refractivity contribution >= 4 is 110 Å². The van der Waals surface area contributed by atoms with Gasteiger partial charge >= 0.3 is 0 Å². The molecule has 0 heterocycles. The molecule has 25 heteroatoms. The highest BCUT2D eigenvalue weighted by Crippen LogP contribution is 2.41. The Balaban J connectivity index is 0.000000187. The zero-order chi connectivity index (χ0) is 97.8. The average molecular weight is 2000 g/mol. The summed E-state index contributed by atoms with van der Waals surface area (Å²) in [6.07, 6.45) is 25.2. The molecule has 0 radical (unpaired) electrons. The van der Waals surface area contributed by atoms with Crippen LogP contribution >= 0.6 is 62.3 Å². The number of benzene rings is 8. The summed E-state index contributed by atoms with van der Waals surface area (Å²) in [5.41, 5.74) is 12.8. The summed E-state index contributed by atoms with van der Waals surface area (Å²) in [4.78, 5) is 108. The van der Waals surface area contributed by atoms with Crippen LogP contribution in [0.3, 0.4) is 0 Å². The Morgan fingerprint density at radius 3 is 1.14 bits per heavy atom. The largest absolute Gasteiger partial charge is 0.356 e. The third-order valence-corrected chi connectivity index (χ3v) is 30.4. The van der Waals surface area contributed by atoms with E-state index in [9.17, 15) is 38.4 Å². The summed E-state index contributed by atoms with van der Waals surface area (Å²) < 4.78 is 0.979. The normalized spacial score (nSPS) is 21.4. The first-order valence-electron chi connectivity index (χ1n) is 49.0. The zero-order valence-corrected chi connectivity index (χ0v) is 86.3. The molecule has 13 rings (SSSR count). The number of carbonyl (C=O) groups is 8. The van der Waals surface area contributed by atoms with Crippen molar-refractivity contribution in [3.63, 3.8) is 0 Å². The maximum atomic E-state index is 12.6. The van der Waals surface area contributed by atoms with E-state index in [1.807, 2.05) is 121 Å². The highest BCUT2D eigenvalue weighted by molar-refractivity contribution is 9.10. The van der Waals surface area contributed by atoms with Gasteiger partial charge in [-0.2, -0.15) is 0 Å². The van der Waals surface area contributed by atoms with Gasteiger partial charge in [0.15, 0.2) is 0 Å². The monoisotopic (exact) mass is 1990 g/mol. The molecule has 0 saturated heterocycles. The molecule has 8 amide bonds. The van der Waals surface area contributed by atoms with Crippen LogP contribution in [-0.4, -0.2) is 183 Å². The molecule has 0 bridgehead atoms. The summed E-state index contributed by atoms with van der Waals surface area (Å²) in [5.74, 6) is -0.255. The molecule has 0 spiro atoms. The average Bonchev–Trinajstić information content (AvgIpc) is 0.978. The molecule has 2 atom stereocenters. The number of amides is 8. The Labute approximate surface area is 838 Å². The number of aryl methyl sites for hydroxylation is 3. The summed E-state index contributed by atoms with van der Waals surface area (Å²) in [5, 5.41) is 27.5. The fourth-order valence-electron chi connectivity index (χ4n) is 20.1. The van der Waals surface area contributed by atoms with E-state index in [2.05, 4.69) is 227 Å². The number of rotatable bonds is 38. The van der Waals surface area contributed by atoms with Gasteiger partial charge in [-0.05, 0) is 334 Å². The molecular formula is C111H147BrCl4N12O8. The highest BCUT2D eigenvalue weighted by atomic mass is 79.9. The lowest BCUT2D eigenvalue weighted by Crippen LogP contribution is -2.52. The molecule has 8 aromatic carbocycles. The van der Waals surface area contributed by atoms with Gasteiger partial charge in [-0.3, -0.25) is 38.4 Å². The van der Waals surface area contributed by atoms with E-state index < -0.39 is 0 Å². The van der Waals surface area contributed by atoms with Crippen LogP contribution in [0.5, 0.6) is 0 Å². The van der Waals surface area contributed by atoms with Crippen molar-refractivity contribution < 1.29 is 38.4 Å². The van der Waals surface area contributed by atoms with Crippen LogP contribution in [0.25, 0.3) is 0 Å². The summed E-state index contributed by atoms with van der Waals surface area (Å²) in [6.45, 7) is 5.84. The van der Waals surface area contributed by atoms with Gasteiger partial charge in [0.25, 0.3) is 0 Å². The summed E-state index contributed by atoms with van der Waals surface area (Å²) in [6, 6.07) is 67.8. The topological polar surface area (TPSA) is 246 Å². The van der Waals surface area contributed by atoms with E-state index in [0.29, 0.717) is 24.7 Å². The van der Waals surface area contributed by atoms with Crippen LogP contribution in [0.4, 0.5) is 0 Å². The maximum absolute atomic E-state index is 12.6. The van der Waals surface area contributed by atoms with Gasteiger partial charge < -0.3 is 62.1 Å². The molecule has 8 aromatic rings. The number of halogens is 5. The number of carbonyl (C=O) groups excluding carboxylic acids is 8. The van der Waals surface area contributed by atoms with E-state index in [4.69, 9.17) is 46.4 Å². The minimum absolute atomic E-state index is 0.0259. The van der Waals surface area contributed by atoms with Crippen LogP contribution in [0.2, 0.25) is 20.1 Å². The van der Waals surface area contributed by atoms with Crippen molar-refractivity contribution in [3.8, 4) is 0 Å². The van der Waals surface area contributed by atoms with E-state index in [1.54, 1.807) is 0 Å². The number of hydrogen-bond donors (Lipinski definition) is 8. The van der Waals surface area contributed by atoms with Crippen molar-refractivity contribution in [3.05, 3.63) is 280 Å². The van der Waals surface area contributed by atoms with Crippen LogP contribution in [0.15, 0.2) is 205 Å². The fourth-order valence-corrected chi connectivity index (χ4v) is 21.1.